The molecule has 82 valence electrons. The highest BCUT2D eigenvalue weighted by molar-refractivity contribution is 5.13. The minimum Gasteiger partial charge on any atom is -0.291 e. The highest BCUT2D eigenvalue weighted by Gasteiger charge is 2.22. The third-order valence-electron chi connectivity index (χ3n) is 2.62. The van der Waals surface area contributed by atoms with Crippen LogP contribution in [0.4, 0.5) is 4.39 Å². The molecule has 1 aliphatic heterocycles. The van der Waals surface area contributed by atoms with Gasteiger partial charge < -0.3 is 0 Å². The molecule has 1 heterocycles. The molecule has 1 aromatic rings. The highest BCUT2D eigenvalue weighted by atomic mass is 19.1. The van der Waals surface area contributed by atoms with E-state index in [4.69, 9.17) is 4.84 Å². The number of benzene rings is 1. The molecule has 1 saturated heterocycles. The molecule has 2 nitrogen and oxygen atoms in total. The first-order valence-electron chi connectivity index (χ1n) is 5.44. The molecule has 1 fully saturated rings. The predicted molar refractivity (Wildman–Crippen MR) is 56.7 cm³/mol. The average molecular weight is 209 g/mol. The maximum atomic E-state index is 13.4. The van der Waals surface area contributed by atoms with Crippen molar-refractivity contribution in [2.75, 3.05) is 6.54 Å². The van der Waals surface area contributed by atoms with Crippen LogP contribution in [0, 0.1) is 0 Å². The Balaban J connectivity index is 1.82. The standard InChI is InChI=1S/C12H16FNO/c13-12-8-4-5-9-14(12)15-10-11-6-2-1-3-7-11/h1-3,6-7,12H,4-5,8-10H2. The van der Waals surface area contributed by atoms with Crippen molar-refractivity contribution in [3.63, 3.8) is 0 Å². The molecule has 0 aromatic heterocycles. The summed E-state index contributed by atoms with van der Waals surface area (Å²) >= 11 is 0. The highest BCUT2D eigenvalue weighted by Crippen LogP contribution is 2.18. The zero-order valence-corrected chi connectivity index (χ0v) is 8.73. The number of hydrogen-bond donors (Lipinski definition) is 0. The molecule has 0 amide bonds. The molecule has 0 saturated carbocycles. The van der Waals surface area contributed by atoms with Gasteiger partial charge in [-0.05, 0) is 24.8 Å². The second-order valence-electron chi connectivity index (χ2n) is 3.83. The Bertz CT molecular complexity index is 291. The van der Waals surface area contributed by atoms with Crippen molar-refractivity contribution in [3.05, 3.63) is 35.9 Å². The zero-order valence-electron chi connectivity index (χ0n) is 8.73. The maximum absolute atomic E-state index is 13.4. The SMILES string of the molecule is FC1CCCCN1OCc1ccccc1. The lowest BCUT2D eigenvalue weighted by atomic mass is 10.1. The van der Waals surface area contributed by atoms with Crippen LogP contribution in [0.5, 0.6) is 0 Å². The molecule has 2 rings (SSSR count). The molecule has 0 N–H and O–H groups in total. The van der Waals surface area contributed by atoms with Gasteiger partial charge in [0.2, 0.25) is 0 Å². The van der Waals surface area contributed by atoms with E-state index < -0.39 is 6.30 Å². The molecule has 1 unspecified atom stereocenters. The quantitative estimate of drug-likeness (QED) is 0.710. The van der Waals surface area contributed by atoms with Gasteiger partial charge in [0.25, 0.3) is 0 Å². The maximum Gasteiger partial charge on any atom is 0.175 e. The first-order valence-corrected chi connectivity index (χ1v) is 5.44. The van der Waals surface area contributed by atoms with Gasteiger partial charge in [-0.25, -0.2) is 4.39 Å². The summed E-state index contributed by atoms with van der Waals surface area (Å²) in [5.74, 6) is 0. The summed E-state index contributed by atoms with van der Waals surface area (Å²) in [6.45, 7) is 1.16. The predicted octanol–water partition coefficient (Wildman–Crippen LogP) is 2.90. The first-order chi connectivity index (χ1) is 7.36. The van der Waals surface area contributed by atoms with Crippen molar-refractivity contribution >= 4 is 0 Å². The van der Waals surface area contributed by atoms with E-state index in [1.165, 1.54) is 5.06 Å². The molecule has 1 aromatic carbocycles. The lowest BCUT2D eigenvalue weighted by molar-refractivity contribution is -0.236. The van der Waals surface area contributed by atoms with Crippen molar-refractivity contribution in [2.24, 2.45) is 0 Å². The van der Waals surface area contributed by atoms with Crippen LogP contribution in [0.3, 0.4) is 0 Å². The van der Waals surface area contributed by atoms with Gasteiger partial charge in [-0.3, -0.25) is 4.84 Å². The largest absolute Gasteiger partial charge is 0.291 e. The smallest absolute Gasteiger partial charge is 0.175 e. The summed E-state index contributed by atoms with van der Waals surface area (Å²) in [6.07, 6.45) is 1.65. The van der Waals surface area contributed by atoms with E-state index in [1.54, 1.807) is 0 Å². The average Bonchev–Trinajstić information content (AvgIpc) is 2.29. The number of nitrogens with zero attached hydrogens (tertiary/aromatic N) is 1. The second kappa shape index (κ2) is 5.24. The molecule has 1 aliphatic rings. The summed E-state index contributed by atoms with van der Waals surface area (Å²) in [5.41, 5.74) is 1.08. The van der Waals surface area contributed by atoms with Crippen LogP contribution in [0.15, 0.2) is 30.3 Å². The number of rotatable bonds is 3. The monoisotopic (exact) mass is 209 g/mol. The van der Waals surface area contributed by atoms with Crippen LogP contribution in [0.25, 0.3) is 0 Å². The summed E-state index contributed by atoms with van der Waals surface area (Å²) < 4.78 is 13.4. The van der Waals surface area contributed by atoms with E-state index in [0.29, 0.717) is 19.6 Å². The number of hydroxylamine groups is 2. The Morgan fingerprint density at radius 1 is 1.27 bits per heavy atom. The first kappa shape index (κ1) is 10.6. The van der Waals surface area contributed by atoms with Gasteiger partial charge in [-0.2, -0.15) is 5.06 Å². The van der Waals surface area contributed by atoms with E-state index in [2.05, 4.69) is 0 Å². The van der Waals surface area contributed by atoms with Crippen LogP contribution in [-0.2, 0) is 11.4 Å². The summed E-state index contributed by atoms with van der Waals surface area (Å²) in [7, 11) is 0. The molecular formula is C12H16FNO. The fraction of sp³-hybridized carbons (Fsp3) is 0.500. The van der Waals surface area contributed by atoms with Crippen LogP contribution in [-0.4, -0.2) is 17.9 Å². The van der Waals surface area contributed by atoms with Gasteiger partial charge in [-0.15, -0.1) is 0 Å². The number of alkyl halides is 1. The summed E-state index contributed by atoms with van der Waals surface area (Å²) in [6, 6.07) is 9.85. The second-order valence-corrected chi connectivity index (χ2v) is 3.83. The summed E-state index contributed by atoms with van der Waals surface area (Å²) in [5, 5.41) is 1.47. The van der Waals surface area contributed by atoms with E-state index in [0.717, 1.165) is 18.4 Å². The van der Waals surface area contributed by atoms with Crippen molar-refractivity contribution in [1.82, 2.24) is 5.06 Å². The van der Waals surface area contributed by atoms with Gasteiger partial charge in [0, 0.05) is 6.54 Å². The van der Waals surface area contributed by atoms with Gasteiger partial charge >= 0.3 is 0 Å². The minimum absolute atomic E-state index is 0.460. The van der Waals surface area contributed by atoms with E-state index in [9.17, 15) is 4.39 Å². The van der Waals surface area contributed by atoms with Gasteiger partial charge in [0.1, 0.15) is 0 Å². The van der Waals surface area contributed by atoms with Crippen LogP contribution < -0.4 is 0 Å². The molecule has 0 spiro atoms. The molecule has 15 heavy (non-hydrogen) atoms. The summed E-state index contributed by atoms with van der Waals surface area (Å²) in [4.78, 5) is 5.44. The zero-order chi connectivity index (χ0) is 10.5. The van der Waals surface area contributed by atoms with Crippen molar-refractivity contribution < 1.29 is 9.23 Å². The fourth-order valence-corrected chi connectivity index (χ4v) is 1.74. The molecule has 0 bridgehead atoms. The van der Waals surface area contributed by atoms with Gasteiger partial charge in [-0.1, -0.05) is 30.3 Å². The van der Waals surface area contributed by atoms with Crippen LogP contribution in [0.1, 0.15) is 24.8 Å². The Morgan fingerprint density at radius 2 is 2.07 bits per heavy atom. The van der Waals surface area contributed by atoms with Crippen LogP contribution in [0.2, 0.25) is 0 Å². The molecule has 0 aliphatic carbocycles. The van der Waals surface area contributed by atoms with E-state index in [1.807, 2.05) is 30.3 Å². The normalized spacial score (nSPS) is 22.9. The Kier molecular flexibility index (Phi) is 3.69. The molecule has 0 radical (unpaired) electrons. The minimum atomic E-state index is -0.928. The Labute approximate surface area is 89.6 Å². The number of halogens is 1. The van der Waals surface area contributed by atoms with Gasteiger partial charge in [0.15, 0.2) is 6.30 Å². The lowest BCUT2D eigenvalue weighted by Crippen LogP contribution is -2.36. The number of piperidine rings is 1. The third kappa shape index (κ3) is 3.01. The van der Waals surface area contributed by atoms with E-state index >= 15 is 0 Å². The number of hydrogen-bond acceptors (Lipinski definition) is 2. The fourth-order valence-electron chi connectivity index (χ4n) is 1.74. The Morgan fingerprint density at radius 3 is 2.80 bits per heavy atom. The van der Waals surface area contributed by atoms with Crippen LogP contribution >= 0.6 is 0 Å². The van der Waals surface area contributed by atoms with Crippen molar-refractivity contribution in [3.8, 4) is 0 Å². The lowest BCUT2D eigenvalue weighted by Gasteiger charge is -2.29. The van der Waals surface area contributed by atoms with Crippen molar-refractivity contribution in [1.29, 1.82) is 0 Å². The van der Waals surface area contributed by atoms with Gasteiger partial charge in [0.05, 0.1) is 6.61 Å². The molecule has 3 heteroatoms. The molecule has 1 atom stereocenters. The van der Waals surface area contributed by atoms with Crippen molar-refractivity contribution in [2.45, 2.75) is 32.2 Å². The third-order valence-corrected chi connectivity index (χ3v) is 2.62. The van der Waals surface area contributed by atoms with E-state index in [-0.39, 0.29) is 0 Å². The Hall–Kier alpha value is -0.930. The molecular weight excluding hydrogens is 193 g/mol. The topological polar surface area (TPSA) is 12.5 Å².